The Bertz CT molecular complexity index is 3570. The number of benzene rings is 7. The number of aromatic hydroxyl groups is 1. The quantitative estimate of drug-likeness (QED) is 0.0715. The predicted octanol–water partition coefficient (Wildman–Crippen LogP) is 12.7. The molecule has 71 heavy (non-hydrogen) atoms. The number of hydrogen-bond donors (Lipinski definition) is 3. The Morgan fingerprint density at radius 2 is 0.873 bits per heavy atom. The average molecular weight is 1020 g/mol. The maximum Gasteiger partial charge on any atom is 0.425 e. The number of anilines is 2. The van der Waals surface area contributed by atoms with E-state index in [1.807, 2.05) is 100 Å². The van der Waals surface area contributed by atoms with E-state index in [-0.39, 0.29) is 16.3 Å². The average Bonchev–Trinajstić information content (AvgIpc) is 3.31. The maximum atomic E-state index is 11.8. The van der Waals surface area contributed by atoms with E-state index >= 15 is 0 Å². The van der Waals surface area contributed by atoms with E-state index in [1.54, 1.807) is 38.3 Å². The summed E-state index contributed by atoms with van der Waals surface area (Å²) in [6, 6.07) is 33.7. The summed E-state index contributed by atoms with van der Waals surface area (Å²) in [5, 5.41) is 51.3. The van der Waals surface area contributed by atoms with Crippen LogP contribution < -0.4 is 14.8 Å². The van der Waals surface area contributed by atoms with Crippen molar-refractivity contribution >= 4 is 99.0 Å². The highest BCUT2D eigenvalue weighted by molar-refractivity contribution is 7.86. The molecule has 7 aromatic carbocycles. The van der Waals surface area contributed by atoms with Crippen molar-refractivity contribution < 1.29 is 52.8 Å². The molecule has 3 N–H and O–H groups in total. The smallest absolute Gasteiger partial charge is 0.425 e. The van der Waals surface area contributed by atoms with Gasteiger partial charge >= 0.3 is 21.2 Å². The van der Waals surface area contributed by atoms with Gasteiger partial charge in [-0.25, -0.2) is 0 Å². The van der Waals surface area contributed by atoms with Gasteiger partial charge in [0.25, 0.3) is 10.1 Å². The molecule has 0 aromatic heterocycles. The van der Waals surface area contributed by atoms with Crippen LogP contribution in [0.3, 0.4) is 0 Å². The van der Waals surface area contributed by atoms with Gasteiger partial charge in [-0.05, 0) is 159 Å². The molecule has 0 bridgehead atoms. The molecule has 0 amide bonds. The monoisotopic (exact) mass is 1020 g/mol. The fraction of sp³-hybridized carbons (Fsp3) is 0.149. The minimum absolute atomic E-state index is 0.00629. The van der Waals surface area contributed by atoms with Crippen molar-refractivity contribution in [3.05, 3.63) is 143 Å². The normalized spacial score (nSPS) is 11.4. The standard InChI is InChI=1S/C47H43N9O6S.2O3S/c1-27-21-40(28(2)20-39(27)51-50-38-19-12-32-25-34(15-18-36(32)47(38)57)48-33-13-16-35(61-6)17-14-33)52-53-41-22-30(4)42(23-29(41)3)54-56-44-24-31(5)43(26-45(44)62-7)55-49-37-10-8-9-11-46(37)63(58,59)60;2*1-4(2)3/h8-26,48,57H,1-7H3,(H,58,59,60);;. The first-order chi connectivity index (χ1) is 33.7. The summed E-state index contributed by atoms with van der Waals surface area (Å²) in [5.74, 6) is 1.19. The van der Waals surface area contributed by atoms with Crippen LogP contribution in [0.4, 0.5) is 56.9 Å². The SMILES string of the molecule is COc1ccc(Nc2ccc3c(O)c(N=Nc4cc(C)c(N=Nc5cc(C)c(N=Nc6cc(C)c(N=Nc7ccccc7S(=O)(=O)O)cc6OC)cc5C)cc4C)ccc3c2)cc1.O=S(=O)=O.O=S(=O)=O. The van der Waals surface area contributed by atoms with Crippen molar-refractivity contribution in [2.75, 3.05) is 19.5 Å². The Morgan fingerprint density at radius 3 is 1.34 bits per heavy atom. The van der Waals surface area contributed by atoms with Gasteiger partial charge in [0, 0.05) is 22.8 Å². The van der Waals surface area contributed by atoms with Crippen molar-refractivity contribution in [3.63, 3.8) is 0 Å². The first kappa shape index (κ1) is 53.5. The zero-order valence-electron chi connectivity index (χ0n) is 38.7. The molecular formula is C47H43N9O12S3. The van der Waals surface area contributed by atoms with Gasteiger partial charge in [-0.2, -0.15) is 34.0 Å². The zero-order valence-corrected chi connectivity index (χ0v) is 41.2. The number of nitrogens with one attached hydrogen (secondary N) is 1. The summed E-state index contributed by atoms with van der Waals surface area (Å²) in [4.78, 5) is -0.350. The first-order valence-corrected chi connectivity index (χ1v) is 24.0. The third-order valence-electron chi connectivity index (χ3n) is 10.1. The van der Waals surface area contributed by atoms with Crippen LogP contribution >= 0.6 is 0 Å². The summed E-state index contributed by atoms with van der Waals surface area (Å²) in [7, 11) is -7.58. The largest absolute Gasteiger partial charge is 0.505 e. The summed E-state index contributed by atoms with van der Waals surface area (Å²) >= 11 is 0. The van der Waals surface area contributed by atoms with Gasteiger partial charge in [0.05, 0.1) is 42.7 Å². The van der Waals surface area contributed by atoms with Gasteiger partial charge < -0.3 is 19.9 Å². The number of phenolic OH excluding ortho intramolecular Hbond substituents is 1. The highest BCUT2D eigenvalue weighted by atomic mass is 32.2. The maximum absolute atomic E-state index is 11.8. The third-order valence-corrected chi connectivity index (χ3v) is 11.0. The number of azo groups is 4. The number of hydrogen-bond acceptors (Lipinski definition) is 20. The molecule has 7 aromatic rings. The Balaban J connectivity index is 0.00000109. The molecule has 0 aliphatic carbocycles. The zero-order chi connectivity index (χ0) is 52.0. The highest BCUT2D eigenvalue weighted by Gasteiger charge is 2.16. The van der Waals surface area contributed by atoms with Gasteiger partial charge in [-0.1, -0.05) is 18.2 Å². The summed E-state index contributed by atoms with van der Waals surface area (Å²) < 4.78 is 94.6. The molecule has 0 fully saturated rings. The molecule has 7 rings (SSSR count). The summed E-state index contributed by atoms with van der Waals surface area (Å²) in [6.07, 6.45) is 0. The summed E-state index contributed by atoms with van der Waals surface area (Å²) in [6.45, 7) is 9.47. The van der Waals surface area contributed by atoms with Crippen LogP contribution in [-0.2, 0) is 31.3 Å². The Kier molecular flexibility index (Phi) is 18.2. The van der Waals surface area contributed by atoms with Gasteiger partial charge in [0.1, 0.15) is 33.5 Å². The number of nitrogens with zero attached hydrogens (tertiary/aromatic N) is 8. The van der Waals surface area contributed by atoms with E-state index in [4.69, 9.17) is 34.7 Å². The number of ether oxygens (including phenoxy) is 2. The molecule has 0 unspecified atom stereocenters. The van der Waals surface area contributed by atoms with E-state index in [0.717, 1.165) is 44.8 Å². The lowest BCUT2D eigenvalue weighted by Crippen LogP contribution is -1.97. The molecule has 366 valence electrons. The Hall–Kier alpha value is -8.45. The van der Waals surface area contributed by atoms with Crippen molar-refractivity contribution in [1.82, 2.24) is 0 Å². The number of methoxy groups -OCH3 is 2. The van der Waals surface area contributed by atoms with Crippen LogP contribution in [0.5, 0.6) is 17.2 Å². The van der Waals surface area contributed by atoms with E-state index in [9.17, 15) is 18.1 Å². The van der Waals surface area contributed by atoms with Crippen molar-refractivity contribution in [1.29, 1.82) is 0 Å². The molecular weight excluding hydrogens is 979 g/mol. The van der Waals surface area contributed by atoms with Crippen LogP contribution in [-0.4, -0.2) is 57.6 Å². The second-order valence-corrected chi connectivity index (χ2v) is 17.2. The number of phenols is 1. The van der Waals surface area contributed by atoms with E-state index in [2.05, 4.69) is 46.2 Å². The number of fused-ring (bicyclic) bond motifs is 1. The molecule has 0 saturated heterocycles. The lowest BCUT2D eigenvalue weighted by atomic mass is 10.1. The van der Waals surface area contributed by atoms with E-state index in [0.29, 0.717) is 56.5 Å². The molecule has 0 atom stereocenters. The second-order valence-electron chi connectivity index (χ2n) is 15.0. The topological polar surface area (TPSA) is 306 Å². The molecule has 0 aliphatic heterocycles. The lowest BCUT2D eigenvalue weighted by Gasteiger charge is -2.10. The van der Waals surface area contributed by atoms with Crippen LogP contribution in [0.25, 0.3) is 10.8 Å². The molecule has 0 saturated carbocycles. The predicted molar refractivity (Wildman–Crippen MR) is 264 cm³/mol. The molecule has 24 heteroatoms. The van der Waals surface area contributed by atoms with Crippen molar-refractivity contribution in [2.45, 2.75) is 39.5 Å². The van der Waals surface area contributed by atoms with Gasteiger partial charge in [-0.15, -0.1) is 40.6 Å². The van der Waals surface area contributed by atoms with Crippen LogP contribution in [0.1, 0.15) is 27.8 Å². The van der Waals surface area contributed by atoms with Crippen molar-refractivity contribution in [3.8, 4) is 17.2 Å². The van der Waals surface area contributed by atoms with Crippen LogP contribution in [0, 0.1) is 34.6 Å². The Morgan fingerprint density at radius 1 is 0.465 bits per heavy atom. The van der Waals surface area contributed by atoms with Crippen LogP contribution in [0.15, 0.2) is 161 Å². The molecule has 0 heterocycles. The minimum atomic E-state index is -4.49. The minimum Gasteiger partial charge on any atom is -0.505 e. The number of aryl methyl sites for hydroxylation is 5. The van der Waals surface area contributed by atoms with Gasteiger partial charge in [0.15, 0.2) is 5.75 Å². The summed E-state index contributed by atoms with van der Waals surface area (Å²) in [5.41, 5.74) is 9.62. The molecule has 0 radical (unpaired) electrons. The van der Waals surface area contributed by atoms with Crippen LogP contribution in [0.2, 0.25) is 0 Å². The fourth-order valence-electron chi connectivity index (χ4n) is 6.50. The number of rotatable bonds is 13. The lowest BCUT2D eigenvalue weighted by molar-refractivity contribution is 0.415. The molecule has 0 aliphatic rings. The van der Waals surface area contributed by atoms with Gasteiger partial charge in [-0.3, -0.25) is 4.55 Å². The van der Waals surface area contributed by atoms with Gasteiger partial charge in [0.2, 0.25) is 0 Å². The third kappa shape index (κ3) is 15.0. The molecule has 21 nitrogen and oxygen atoms in total. The molecule has 0 spiro atoms. The highest BCUT2D eigenvalue weighted by Crippen LogP contribution is 2.40. The second kappa shape index (κ2) is 24.2. The van der Waals surface area contributed by atoms with Crippen molar-refractivity contribution in [2.24, 2.45) is 40.9 Å². The Labute approximate surface area is 410 Å². The van der Waals surface area contributed by atoms with E-state index < -0.39 is 31.3 Å². The fourth-order valence-corrected chi connectivity index (χ4v) is 7.13. The first-order valence-electron chi connectivity index (χ1n) is 20.5. The van der Waals surface area contributed by atoms with E-state index in [1.165, 1.54) is 25.3 Å².